The number of ether oxygens (including phenoxy) is 2. The summed E-state index contributed by atoms with van der Waals surface area (Å²) in [5.74, 6) is -2.49. The predicted octanol–water partition coefficient (Wildman–Crippen LogP) is 2.23. The minimum absolute atomic E-state index is 0.196. The lowest BCUT2D eigenvalue weighted by atomic mass is 9.70. The second-order valence-electron chi connectivity index (χ2n) is 8.28. The van der Waals surface area contributed by atoms with Crippen molar-refractivity contribution in [3.63, 3.8) is 0 Å². The van der Waals surface area contributed by atoms with Crippen LogP contribution in [0.4, 0.5) is 5.69 Å². The number of fused-ring (bicyclic) bond motifs is 1. The molecule has 2 N–H and O–H groups in total. The number of hydrogen-bond donors (Lipinski definition) is 2. The number of methoxy groups -OCH3 is 1. The molecule has 0 unspecified atom stereocenters. The minimum atomic E-state index is -0.840. The maximum absolute atomic E-state index is 13.6. The first-order chi connectivity index (χ1) is 15.4. The van der Waals surface area contributed by atoms with E-state index in [2.05, 4.69) is 5.32 Å². The smallest absolute Gasteiger partial charge is 0.310 e. The normalized spacial score (nSPS) is 27.6. The van der Waals surface area contributed by atoms with Crippen molar-refractivity contribution >= 4 is 23.5 Å². The van der Waals surface area contributed by atoms with Crippen LogP contribution < -0.4 is 10.1 Å². The molecule has 1 aliphatic heterocycles. The highest BCUT2D eigenvalue weighted by atomic mass is 16.5. The lowest BCUT2D eigenvalue weighted by Crippen LogP contribution is -2.50. The quantitative estimate of drug-likeness (QED) is 0.471. The van der Waals surface area contributed by atoms with Gasteiger partial charge in [0, 0.05) is 11.6 Å². The molecule has 0 bridgehead atoms. The van der Waals surface area contributed by atoms with Crippen molar-refractivity contribution in [1.82, 2.24) is 4.90 Å². The number of aliphatic hydroxyl groups is 1. The molecule has 1 aromatic carbocycles. The van der Waals surface area contributed by atoms with Gasteiger partial charge in [-0.3, -0.25) is 14.4 Å². The first-order valence-corrected chi connectivity index (χ1v) is 11.1. The molecule has 1 saturated heterocycles. The zero-order chi connectivity index (χ0) is 23.4. The van der Waals surface area contributed by atoms with Gasteiger partial charge in [-0.15, -0.1) is 0 Å². The van der Waals surface area contributed by atoms with Gasteiger partial charge in [0.15, 0.2) is 0 Å². The molecule has 3 rings (SSSR count). The Hall–Kier alpha value is -2.87. The van der Waals surface area contributed by atoms with Crippen LogP contribution in [0.2, 0.25) is 0 Å². The largest absolute Gasteiger partial charge is 0.497 e. The van der Waals surface area contributed by atoms with Gasteiger partial charge in [0.2, 0.25) is 11.8 Å². The summed E-state index contributed by atoms with van der Waals surface area (Å²) < 4.78 is 10.4. The molecule has 174 valence electrons. The van der Waals surface area contributed by atoms with Crippen LogP contribution in [0, 0.1) is 23.7 Å². The van der Waals surface area contributed by atoms with Crippen molar-refractivity contribution in [3.8, 4) is 5.75 Å². The molecular formula is C24H32N2O6. The average Bonchev–Trinajstić information content (AvgIpc) is 3.08. The van der Waals surface area contributed by atoms with Gasteiger partial charge in [0.1, 0.15) is 11.8 Å². The van der Waals surface area contributed by atoms with Crippen LogP contribution in [-0.2, 0) is 19.1 Å². The molecule has 1 fully saturated rings. The zero-order valence-corrected chi connectivity index (χ0v) is 19.0. The number of rotatable bonds is 8. The highest BCUT2D eigenvalue weighted by molar-refractivity contribution is 6.01. The van der Waals surface area contributed by atoms with Gasteiger partial charge in [0.05, 0.1) is 38.2 Å². The molecule has 1 aliphatic carbocycles. The third kappa shape index (κ3) is 4.37. The molecule has 2 aliphatic rings. The first kappa shape index (κ1) is 23.8. The van der Waals surface area contributed by atoms with E-state index >= 15 is 0 Å². The van der Waals surface area contributed by atoms with Crippen molar-refractivity contribution in [2.75, 3.05) is 25.6 Å². The Balaban J connectivity index is 1.97. The SMILES string of the molecule is CCOC(=O)[C@H]1[C@H]2C(=O)N([C@@H](CC)CO)[C@H](C(=O)Nc3ccc(OC)cc3)[C@H]2C=C[C@H]1C. The van der Waals surface area contributed by atoms with Gasteiger partial charge in [-0.1, -0.05) is 26.0 Å². The molecule has 0 spiro atoms. The van der Waals surface area contributed by atoms with E-state index in [4.69, 9.17) is 9.47 Å². The molecule has 1 aromatic rings. The number of likely N-dealkylation sites (tertiary alicyclic amines) is 1. The molecule has 8 nitrogen and oxygen atoms in total. The van der Waals surface area contributed by atoms with Gasteiger partial charge in [-0.2, -0.15) is 0 Å². The Morgan fingerprint density at radius 2 is 1.88 bits per heavy atom. The number of carbonyl (C=O) groups is 3. The molecular weight excluding hydrogens is 412 g/mol. The van der Waals surface area contributed by atoms with Crippen LogP contribution in [-0.4, -0.2) is 60.2 Å². The van der Waals surface area contributed by atoms with E-state index in [9.17, 15) is 19.5 Å². The fourth-order valence-corrected chi connectivity index (χ4v) is 4.84. The number of nitrogens with one attached hydrogen (secondary N) is 1. The Bertz CT molecular complexity index is 864. The van der Waals surface area contributed by atoms with Gasteiger partial charge >= 0.3 is 5.97 Å². The summed E-state index contributed by atoms with van der Waals surface area (Å²) in [5, 5.41) is 12.8. The number of esters is 1. The second-order valence-corrected chi connectivity index (χ2v) is 8.28. The van der Waals surface area contributed by atoms with Gasteiger partial charge in [0.25, 0.3) is 0 Å². The highest BCUT2D eigenvalue weighted by Crippen LogP contribution is 2.45. The number of amides is 2. The third-order valence-electron chi connectivity index (χ3n) is 6.47. The molecule has 0 saturated carbocycles. The molecule has 8 heteroatoms. The van der Waals surface area contributed by atoms with E-state index in [0.29, 0.717) is 17.9 Å². The summed E-state index contributed by atoms with van der Waals surface area (Å²) in [7, 11) is 1.56. The van der Waals surface area contributed by atoms with Gasteiger partial charge in [-0.25, -0.2) is 0 Å². The fourth-order valence-electron chi connectivity index (χ4n) is 4.84. The number of anilines is 1. The number of hydrogen-bond acceptors (Lipinski definition) is 6. The van der Waals surface area contributed by atoms with Crippen LogP contribution in [0.1, 0.15) is 27.2 Å². The van der Waals surface area contributed by atoms with Crippen molar-refractivity contribution in [2.45, 2.75) is 39.3 Å². The van der Waals surface area contributed by atoms with Crippen LogP contribution in [0.25, 0.3) is 0 Å². The summed E-state index contributed by atoms with van der Waals surface area (Å²) in [4.78, 5) is 41.2. The molecule has 2 amide bonds. The van der Waals surface area contributed by atoms with Gasteiger partial charge in [-0.05, 0) is 43.5 Å². The first-order valence-electron chi connectivity index (χ1n) is 11.1. The van der Waals surface area contributed by atoms with Gasteiger partial charge < -0.3 is 24.8 Å². The Morgan fingerprint density at radius 1 is 1.19 bits per heavy atom. The highest BCUT2D eigenvalue weighted by Gasteiger charge is 2.58. The summed E-state index contributed by atoms with van der Waals surface area (Å²) >= 11 is 0. The maximum atomic E-state index is 13.6. The zero-order valence-electron chi connectivity index (χ0n) is 19.0. The standard InChI is InChI=1S/C24H32N2O6/c1-5-16(13-27)26-21(22(28)25-15-8-10-17(31-4)11-9-15)18-12-7-14(3)19(20(18)23(26)29)24(30)32-6-2/h7-12,14,16,18-21,27H,5-6,13H2,1-4H3,(H,25,28)/t14-,16+,18+,19-,20+,21+/m1/s1. The molecule has 0 radical (unpaired) electrons. The maximum Gasteiger partial charge on any atom is 0.310 e. The van der Waals surface area contributed by atoms with E-state index in [1.807, 2.05) is 26.0 Å². The van der Waals surface area contributed by atoms with Crippen LogP contribution in [0.15, 0.2) is 36.4 Å². The van der Waals surface area contributed by atoms with E-state index < -0.39 is 35.8 Å². The number of nitrogens with zero attached hydrogens (tertiary/aromatic N) is 1. The fraction of sp³-hybridized carbons (Fsp3) is 0.542. The van der Waals surface area contributed by atoms with Crippen molar-refractivity contribution in [1.29, 1.82) is 0 Å². The minimum Gasteiger partial charge on any atom is -0.497 e. The monoisotopic (exact) mass is 444 g/mol. The molecule has 32 heavy (non-hydrogen) atoms. The molecule has 6 atom stereocenters. The second kappa shape index (κ2) is 10.2. The van der Waals surface area contributed by atoms with Crippen molar-refractivity contribution in [2.24, 2.45) is 23.7 Å². The van der Waals surface area contributed by atoms with Crippen molar-refractivity contribution < 1.29 is 29.0 Å². The lowest BCUT2D eigenvalue weighted by Gasteiger charge is -2.33. The Kier molecular flexibility index (Phi) is 7.56. The predicted molar refractivity (Wildman–Crippen MR) is 119 cm³/mol. The number of allylic oxidation sites excluding steroid dienone is 1. The van der Waals surface area contributed by atoms with Crippen LogP contribution in [0.3, 0.4) is 0 Å². The van der Waals surface area contributed by atoms with Crippen LogP contribution >= 0.6 is 0 Å². The van der Waals surface area contributed by atoms with E-state index in [1.54, 1.807) is 38.3 Å². The summed E-state index contributed by atoms with van der Waals surface area (Å²) in [6.07, 6.45) is 4.23. The van der Waals surface area contributed by atoms with E-state index in [1.165, 1.54) is 4.90 Å². The topological polar surface area (TPSA) is 105 Å². The van der Waals surface area contributed by atoms with Crippen LogP contribution in [0.5, 0.6) is 5.75 Å². The third-order valence-corrected chi connectivity index (χ3v) is 6.47. The number of aliphatic hydroxyl groups excluding tert-OH is 1. The summed E-state index contributed by atoms with van der Waals surface area (Å²) in [5.41, 5.74) is 0.568. The number of carbonyl (C=O) groups excluding carboxylic acids is 3. The number of benzene rings is 1. The molecule has 0 aromatic heterocycles. The van der Waals surface area contributed by atoms with E-state index in [0.717, 1.165) is 0 Å². The Morgan fingerprint density at radius 3 is 2.44 bits per heavy atom. The summed E-state index contributed by atoms with van der Waals surface area (Å²) in [6, 6.07) is 5.55. The van der Waals surface area contributed by atoms with Crippen molar-refractivity contribution in [3.05, 3.63) is 36.4 Å². The van der Waals surface area contributed by atoms with E-state index in [-0.39, 0.29) is 30.9 Å². The average molecular weight is 445 g/mol. The molecule has 1 heterocycles. The lowest BCUT2D eigenvalue weighted by molar-refractivity contribution is -0.155. The summed E-state index contributed by atoms with van der Waals surface area (Å²) in [6.45, 7) is 5.41. The Labute approximate surface area is 188 Å².